The van der Waals surface area contributed by atoms with Crippen LogP contribution < -0.4 is 10.1 Å². The van der Waals surface area contributed by atoms with E-state index in [2.05, 4.69) is 26.1 Å². The Kier molecular flexibility index (Phi) is 7.27. The van der Waals surface area contributed by atoms with E-state index < -0.39 is 17.2 Å². The standard InChI is InChI=1S/C27H40N2O4/c1-25(2,3)19-9-11-20(12-10-19)32-21-13-14-22-18(16-21)8-15-23(28-22)27(7,17-30)29-24(31)33-26(4,5)6/h8,13-16,19-20,30H,9-12,17H2,1-7H3,(H,29,31). The molecule has 182 valence electrons. The summed E-state index contributed by atoms with van der Waals surface area (Å²) in [4.78, 5) is 17.0. The molecule has 1 amide bonds. The zero-order valence-electron chi connectivity index (χ0n) is 21.2. The number of ether oxygens (including phenoxy) is 2. The highest BCUT2D eigenvalue weighted by molar-refractivity contribution is 5.80. The summed E-state index contributed by atoms with van der Waals surface area (Å²) < 4.78 is 11.7. The number of hydrogen-bond acceptors (Lipinski definition) is 5. The van der Waals surface area contributed by atoms with Crippen LogP contribution in [0.15, 0.2) is 30.3 Å². The number of amides is 1. The second-order valence-corrected chi connectivity index (χ2v) is 11.6. The molecule has 6 nitrogen and oxygen atoms in total. The Bertz CT molecular complexity index is 968. The number of pyridine rings is 1. The number of carbonyl (C=O) groups excluding carboxylic acids is 1. The van der Waals surface area contributed by atoms with Gasteiger partial charge in [-0.05, 0) is 89.0 Å². The van der Waals surface area contributed by atoms with Crippen molar-refractivity contribution in [3.63, 3.8) is 0 Å². The minimum absolute atomic E-state index is 0.254. The summed E-state index contributed by atoms with van der Waals surface area (Å²) in [6, 6.07) is 9.67. The van der Waals surface area contributed by atoms with Crippen LogP contribution in [0.4, 0.5) is 4.79 Å². The second kappa shape index (κ2) is 9.49. The number of aliphatic hydroxyl groups is 1. The number of benzene rings is 1. The number of fused-ring (bicyclic) bond motifs is 1. The van der Waals surface area contributed by atoms with Gasteiger partial charge in [0, 0.05) is 5.39 Å². The maximum absolute atomic E-state index is 12.3. The molecule has 3 rings (SSSR count). The molecule has 0 saturated heterocycles. The summed E-state index contributed by atoms with van der Waals surface area (Å²) in [6.45, 7) is 13.8. The first-order chi connectivity index (χ1) is 15.3. The number of nitrogens with one attached hydrogen (secondary N) is 1. The first kappa shape index (κ1) is 25.3. The summed E-state index contributed by atoms with van der Waals surface area (Å²) in [5.41, 5.74) is 0.0231. The molecule has 1 saturated carbocycles. The lowest BCUT2D eigenvalue weighted by atomic mass is 9.72. The average molecular weight is 457 g/mol. The third-order valence-corrected chi connectivity index (χ3v) is 6.52. The van der Waals surface area contributed by atoms with Gasteiger partial charge in [0.2, 0.25) is 0 Å². The van der Waals surface area contributed by atoms with Crippen molar-refractivity contribution in [2.75, 3.05) is 6.61 Å². The van der Waals surface area contributed by atoms with E-state index in [0.29, 0.717) is 11.1 Å². The molecule has 1 aromatic carbocycles. The maximum atomic E-state index is 12.3. The van der Waals surface area contributed by atoms with Crippen LogP contribution in [-0.2, 0) is 10.3 Å². The third-order valence-electron chi connectivity index (χ3n) is 6.52. The SMILES string of the molecule is CC(C)(C)OC(=O)NC(C)(CO)c1ccc2cc(OC3CCC(C(C)(C)C)CC3)ccc2n1. The molecule has 1 unspecified atom stereocenters. The Morgan fingerprint density at radius 3 is 2.27 bits per heavy atom. The lowest BCUT2D eigenvalue weighted by Crippen LogP contribution is -2.48. The molecule has 1 atom stereocenters. The van der Waals surface area contributed by atoms with E-state index in [-0.39, 0.29) is 12.7 Å². The molecule has 2 aromatic rings. The van der Waals surface area contributed by atoms with E-state index >= 15 is 0 Å². The third kappa shape index (κ3) is 6.59. The summed E-state index contributed by atoms with van der Waals surface area (Å²) in [6.07, 6.45) is 4.24. The Balaban J connectivity index is 1.71. The Morgan fingerprint density at radius 1 is 1.03 bits per heavy atom. The first-order valence-electron chi connectivity index (χ1n) is 12.0. The average Bonchev–Trinajstić information content (AvgIpc) is 2.71. The van der Waals surface area contributed by atoms with E-state index in [1.165, 1.54) is 12.8 Å². The van der Waals surface area contributed by atoms with Crippen molar-refractivity contribution in [2.24, 2.45) is 11.3 Å². The fourth-order valence-corrected chi connectivity index (χ4v) is 4.44. The van der Waals surface area contributed by atoms with Crippen LogP contribution in [0.2, 0.25) is 0 Å². The molecular weight excluding hydrogens is 416 g/mol. The monoisotopic (exact) mass is 456 g/mol. The number of rotatable bonds is 5. The molecule has 2 N–H and O–H groups in total. The molecule has 0 spiro atoms. The van der Waals surface area contributed by atoms with Crippen molar-refractivity contribution in [3.8, 4) is 5.75 Å². The van der Waals surface area contributed by atoms with Crippen LogP contribution in [0.1, 0.15) is 79.8 Å². The van der Waals surface area contributed by atoms with E-state index in [1.54, 1.807) is 27.7 Å². The molecule has 33 heavy (non-hydrogen) atoms. The molecule has 1 heterocycles. The Morgan fingerprint density at radius 2 is 1.70 bits per heavy atom. The predicted octanol–water partition coefficient (Wildman–Crippen LogP) is 5.95. The van der Waals surface area contributed by atoms with Crippen molar-refractivity contribution >= 4 is 17.0 Å². The Labute approximate surface area is 198 Å². The molecule has 1 fully saturated rings. The minimum atomic E-state index is -1.06. The largest absolute Gasteiger partial charge is 0.490 e. The van der Waals surface area contributed by atoms with Gasteiger partial charge in [0.05, 0.1) is 23.9 Å². The summed E-state index contributed by atoms with van der Waals surface area (Å²) in [5.74, 6) is 1.61. The topological polar surface area (TPSA) is 80.7 Å². The van der Waals surface area contributed by atoms with Crippen LogP contribution in [0.5, 0.6) is 5.75 Å². The fraction of sp³-hybridized carbons (Fsp3) is 0.630. The number of aliphatic hydroxyl groups excluding tert-OH is 1. The zero-order valence-corrected chi connectivity index (χ0v) is 21.2. The fourth-order valence-electron chi connectivity index (χ4n) is 4.44. The molecule has 0 bridgehead atoms. The lowest BCUT2D eigenvalue weighted by molar-refractivity contribution is 0.0407. The van der Waals surface area contributed by atoms with Crippen LogP contribution in [-0.4, -0.2) is 34.5 Å². The second-order valence-electron chi connectivity index (χ2n) is 11.6. The van der Waals surface area contributed by atoms with Crippen molar-refractivity contribution in [2.45, 2.75) is 91.4 Å². The maximum Gasteiger partial charge on any atom is 0.408 e. The van der Waals surface area contributed by atoms with Gasteiger partial charge in [-0.2, -0.15) is 0 Å². The normalized spacial score (nSPS) is 21.3. The molecule has 6 heteroatoms. The van der Waals surface area contributed by atoms with Crippen molar-refractivity contribution in [1.82, 2.24) is 10.3 Å². The van der Waals surface area contributed by atoms with Crippen LogP contribution in [0, 0.1) is 11.3 Å². The predicted molar refractivity (Wildman–Crippen MR) is 131 cm³/mol. The van der Waals surface area contributed by atoms with E-state index in [1.807, 2.05) is 30.3 Å². The molecule has 0 radical (unpaired) electrons. The number of carbonyl (C=O) groups is 1. The van der Waals surface area contributed by atoms with E-state index in [0.717, 1.165) is 35.4 Å². The highest BCUT2D eigenvalue weighted by Gasteiger charge is 2.32. The van der Waals surface area contributed by atoms with Gasteiger partial charge in [0.15, 0.2) is 0 Å². The van der Waals surface area contributed by atoms with Crippen molar-refractivity contribution in [3.05, 3.63) is 36.0 Å². The highest BCUT2D eigenvalue weighted by atomic mass is 16.6. The number of alkyl carbamates (subject to hydrolysis) is 1. The molecule has 1 aliphatic carbocycles. The smallest absolute Gasteiger partial charge is 0.408 e. The van der Waals surface area contributed by atoms with Crippen molar-refractivity contribution in [1.29, 1.82) is 0 Å². The molecule has 1 aliphatic rings. The van der Waals surface area contributed by atoms with Gasteiger partial charge in [0.25, 0.3) is 0 Å². The van der Waals surface area contributed by atoms with Gasteiger partial charge in [-0.25, -0.2) is 4.79 Å². The van der Waals surface area contributed by atoms with Gasteiger partial charge in [-0.3, -0.25) is 4.98 Å². The van der Waals surface area contributed by atoms with Crippen LogP contribution >= 0.6 is 0 Å². The molecular formula is C27H40N2O4. The van der Waals surface area contributed by atoms with Crippen LogP contribution in [0.25, 0.3) is 10.9 Å². The van der Waals surface area contributed by atoms with Gasteiger partial charge >= 0.3 is 6.09 Å². The summed E-state index contributed by atoms with van der Waals surface area (Å²) in [7, 11) is 0. The quantitative estimate of drug-likeness (QED) is 0.581. The zero-order chi connectivity index (χ0) is 24.4. The molecule has 1 aromatic heterocycles. The highest BCUT2D eigenvalue weighted by Crippen LogP contribution is 2.39. The summed E-state index contributed by atoms with van der Waals surface area (Å²) >= 11 is 0. The van der Waals surface area contributed by atoms with Gasteiger partial charge < -0.3 is 19.9 Å². The minimum Gasteiger partial charge on any atom is -0.490 e. The van der Waals surface area contributed by atoms with E-state index in [9.17, 15) is 9.90 Å². The number of nitrogens with zero attached hydrogens (tertiary/aromatic N) is 1. The first-order valence-corrected chi connectivity index (χ1v) is 12.0. The molecule has 0 aliphatic heterocycles. The van der Waals surface area contributed by atoms with Crippen LogP contribution in [0.3, 0.4) is 0 Å². The van der Waals surface area contributed by atoms with Crippen molar-refractivity contribution < 1.29 is 19.4 Å². The van der Waals surface area contributed by atoms with Gasteiger partial charge in [-0.15, -0.1) is 0 Å². The lowest BCUT2D eigenvalue weighted by Gasteiger charge is -2.37. The van der Waals surface area contributed by atoms with Gasteiger partial charge in [0.1, 0.15) is 16.9 Å². The Hall–Kier alpha value is -2.34. The van der Waals surface area contributed by atoms with E-state index in [4.69, 9.17) is 14.5 Å². The summed E-state index contributed by atoms with van der Waals surface area (Å²) in [5, 5.41) is 13.7. The van der Waals surface area contributed by atoms with Gasteiger partial charge in [-0.1, -0.05) is 26.8 Å². The number of hydrogen-bond donors (Lipinski definition) is 2. The number of aromatic nitrogens is 1.